The van der Waals surface area contributed by atoms with Gasteiger partial charge in [0, 0.05) is 6.54 Å². The predicted molar refractivity (Wildman–Crippen MR) is 89.3 cm³/mol. The molecule has 24 heavy (non-hydrogen) atoms. The van der Waals surface area contributed by atoms with Crippen molar-refractivity contribution in [1.82, 2.24) is 5.32 Å². The Hall–Kier alpha value is -2.24. The minimum atomic E-state index is -0.880. The molecule has 1 aromatic rings. The van der Waals surface area contributed by atoms with E-state index in [0.717, 1.165) is 5.56 Å². The molecule has 6 nitrogen and oxygen atoms in total. The van der Waals surface area contributed by atoms with Crippen molar-refractivity contribution >= 4 is 11.9 Å². The maximum Gasteiger partial charge on any atom is 0.307 e. The van der Waals surface area contributed by atoms with Gasteiger partial charge in [-0.2, -0.15) is 0 Å². The average Bonchev–Trinajstić information content (AvgIpc) is 2.48. The molecule has 2 unspecified atom stereocenters. The van der Waals surface area contributed by atoms with Crippen molar-refractivity contribution in [3.8, 4) is 11.5 Å². The lowest BCUT2D eigenvalue weighted by atomic mass is 9.73. The van der Waals surface area contributed by atoms with Crippen LogP contribution in [0.25, 0.3) is 0 Å². The quantitative estimate of drug-likeness (QED) is 0.723. The number of carboxylic acid groups (broad SMARTS) is 1. The highest BCUT2D eigenvalue weighted by molar-refractivity contribution is 5.86. The highest BCUT2D eigenvalue weighted by atomic mass is 16.5. The van der Waals surface area contributed by atoms with E-state index in [-0.39, 0.29) is 11.8 Å². The number of carbonyl (C=O) groups excluding carboxylic acids is 1. The molecule has 0 aliphatic heterocycles. The molecule has 0 saturated heterocycles. The second kappa shape index (κ2) is 8.57. The van der Waals surface area contributed by atoms with E-state index in [0.29, 0.717) is 50.5 Å². The van der Waals surface area contributed by atoms with Crippen LogP contribution in [-0.4, -0.2) is 36.7 Å². The van der Waals surface area contributed by atoms with Crippen molar-refractivity contribution in [1.29, 1.82) is 0 Å². The maximum absolute atomic E-state index is 12.0. The van der Waals surface area contributed by atoms with Crippen LogP contribution in [0.4, 0.5) is 0 Å². The van der Waals surface area contributed by atoms with Crippen molar-refractivity contribution in [3.05, 3.63) is 23.8 Å². The van der Waals surface area contributed by atoms with Gasteiger partial charge in [-0.05, 0) is 50.8 Å². The first-order valence-electron chi connectivity index (χ1n) is 8.45. The van der Waals surface area contributed by atoms with Crippen molar-refractivity contribution in [3.63, 3.8) is 0 Å². The molecule has 132 valence electrons. The van der Waals surface area contributed by atoms with Crippen molar-refractivity contribution in [2.24, 2.45) is 11.8 Å². The number of ether oxygens (including phenoxy) is 2. The minimum Gasteiger partial charge on any atom is -0.490 e. The van der Waals surface area contributed by atoms with E-state index in [1.54, 1.807) is 0 Å². The molecule has 0 aromatic heterocycles. The van der Waals surface area contributed by atoms with E-state index in [2.05, 4.69) is 5.32 Å². The van der Waals surface area contributed by atoms with E-state index < -0.39 is 11.9 Å². The molecular weight excluding hydrogens is 310 g/mol. The molecule has 1 saturated carbocycles. The molecule has 0 heterocycles. The molecule has 1 aliphatic carbocycles. The molecular formula is C18H25NO5. The van der Waals surface area contributed by atoms with Crippen molar-refractivity contribution < 1.29 is 24.2 Å². The lowest BCUT2D eigenvalue weighted by molar-refractivity contribution is -0.152. The Labute approximate surface area is 142 Å². The van der Waals surface area contributed by atoms with Gasteiger partial charge in [0.1, 0.15) is 0 Å². The summed E-state index contributed by atoms with van der Waals surface area (Å²) < 4.78 is 11.1. The van der Waals surface area contributed by atoms with Gasteiger partial charge in [0.05, 0.1) is 25.0 Å². The zero-order chi connectivity index (χ0) is 17.5. The first-order chi connectivity index (χ1) is 11.6. The van der Waals surface area contributed by atoms with E-state index >= 15 is 0 Å². The van der Waals surface area contributed by atoms with E-state index in [1.165, 1.54) is 0 Å². The number of benzene rings is 1. The van der Waals surface area contributed by atoms with E-state index in [9.17, 15) is 9.59 Å². The summed E-state index contributed by atoms with van der Waals surface area (Å²) in [5.74, 6) is -0.542. The van der Waals surface area contributed by atoms with Gasteiger partial charge in [-0.1, -0.05) is 6.07 Å². The zero-order valence-electron chi connectivity index (χ0n) is 14.2. The Morgan fingerprint density at radius 2 is 1.79 bits per heavy atom. The molecule has 0 spiro atoms. The SMILES string of the molecule is CCOc1ccc(CCNC(=O)C2CCC2C(=O)O)cc1OCC. The van der Waals surface area contributed by atoms with Crippen molar-refractivity contribution in [2.45, 2.75) is 33.1 Å². The number of rotatable bonds is 9. The number of hydrogen-bond donors (Lipinski definition) is 2. The smallest absolute Gasteiger partial charge is 0.307 e. The van der Waals surface area contributed by atoms with Crippen LogP contribution >= 0.6 is 0 Å². The summed E-state index contributed by atoms with van der Waals surface area (Å²) in [4.78, 5) is 23.0. The normalized spacial score (nSPS) is 19.2. The number of hydrogen-bond acceptors (Lipinski definition) is 4. The third kappa shape index (κ3) is 4.40. The first-order valence-corrected chi connectivity index (χ1v) is 8.45. The van der Waals surface area contributed by atoms with E-state index in [4.69, 9.17) is 14.6 Å². The molecule has 6 heteroatoms. The van der Waals surface area contributed by atoms with E-state index in [1.807, 2.05) is 32.0 Å². The summed E-state index contributed by atoms with van der Waals surface area (Å²) >= 11 is 0. The second-order valence-corrected chi connectivity index (χ2v) is 5.82. The Bertz CT molecular complexity index is 587. The highest BCUT2D eigenvalue weighted by Gasteiger charge is 2.41. The molecule has 0 bridgehead atoms. The molecule has 1 fully saturated rings. The molecule has 2 N–H and O–H groups in total. The van der Waals surface area contributed by atoms with Gasteiger partial charge in [-0.3, -0.25) is 9.59 Å². The minimum absolute atomic E-state index is 0.162. The highest BCUT2D eigenvalue weighted by Crippen LogP contribution is 2.34. The Balaban J connectivity index is 1.86. The van der Waals surface area contributed by atoms with Crippen LogP contribution in [0.3, 0.4) is 0 Å². The molecule has 2 atom stereocenters. The fourth-order valence-electron chi connectivity index (χ4n) is 2.82. The molecule has 1 amide bonds. The number of aliphatic carboxylic acids is 1. The number of carboxylic acids is 1. The average molecular weight is 335 g/mol. The molecule has 1 aliphatic rings. The van der Waals surface area contributed by atoms with Crippen LogP contribution in [0.5, 0.6) is 11.5 Å². The van der Waals surface area contributed by atoms with Gasteiger partial charge >= 0.3 is 5.97 Å². The third-order valence-corrected chi connectivity index (χ3v) is 4.25. The number of nitrogens with one attached hydrogen (secondary N) is 1. The van der Waals surface area contributed by atoms with Gasteiger partial charge in [0.15, 0.2) is 11.5 Å². The fraction of sp³-hybridized carbons (Fsp3) is 0.556. The Kier molecular flexibility index (Phi) is 6.46. The molecule has 1 aromatic carbocycles. The summed E-state index contributed by atoms with van der Waals surface area (Å²) in [7, 11) is 0. The molecule has 0 radical (unpaired) electrons. The Morgan fingerprint density at radius 1 is 1.12 bits per heavy atom. The monoisotopic (exact) mass is 335 g/mol. The van der Waals surface area contributed by atoms with Crippen LogP contribution in [-0.2, 0) is 16.0 Å². The summed E-state index contributed by atoms with van der Waals surface area (Å²) in [5.41, 5.74) is 1.03. The lowest BCUT2D eigenvalue weighted by Crippen LogP contribution is -2.44. The lowest BCUT2D eigenvalue weighted by Gasteiger charge is -2.31. The second-order valence-electron chi connectivity index (χ2n) is 5.82. The summed E-state index contributed by atoms with van der Waals surface area (Å²) in [5, 5.41) is 11.8. The summed E-state index contributed by atoms with van der Waals surface area (Å²) in [6.45, 7) is 5.44. The van der Waals surface area contributed by atoms with Crippen LogP contribution < -0.4 is 14.8 Å². The van der Waals surface area contributed by atoms with Crippen LogP contribution in [0, 0.1) is 11.8 Å². The van der Waals surface area contributed by atoms with Gasteiger partial charge in [-0.15, -0.1) is 0 Å². The third-order valence-electron chi connectivity index (χ3n) is 4.25. The maximum atomic E-state index is 12.0. The first kappa shape index (κ1) is 18.1. The van der Waals surface area contributed by atoms with Gasteiger partial charge < -0.3 is 19.9 Å². The van der Waals surface area contributed by atoms with Crippen molar-refractivity contribution in [2.75, 3.05) is 19.8 Å². The van der Waals surface area contributed by atoms with Crippen LogP contribution in [0.2, 0.25) is 0 Å². The number of carbonyl (C=O) groups is 2. The van der Waals surface area contributed by atoms with Gasteiger partial charge in [0.25, 0.3) is 0 Å². The standard InChI is InChI=1S/C18H25NO5/c1-3-23-15-8-5-12(11-16(15)24-4-2)9-10-19-17(20)13-6-7-14(13)18(21)22/h5,8,11,13-14H,3-4,6-7,9-10H2,1-2H3,(H,19,20)(H,21,22). The summed E-state index contributed by atoms with van der Waals surface area (Å²) in [6.07, 6.45) is 1.90. The number of amides is 1. The topological polar surface area (TPSA) is 84.9 Å². The zero-order valence-corrected chi connectivity index (χ0v) is 14.2. The predicted octanol–water partition coefficient (Wildman–Crippen LogP) is 2.25. The summed E-state index contributed by atoms with van der Waals surface area (Å²) in [6, 6.07) is 5.74. The van der Waals surface area contributed by atoms with Crippen LogP contribution in [0.1, 0.15) is 32.3 Å². The van der Waals surface area contributed by atoms with Gasteiger partial charge in [-0.25, -0.2) is 0 Å². The largest absolute Gasteiger partial charge is 0.490 e. The molecule has 2 rings (SSSR count). The fourth-order valence-corrected chi connectivity index (χ4v) is 2.82. The Morgan fingerprint density at radius 3 is 2.38 bits per heavy atom. The van der Waals surface area contributed by atoms with Crippen LogP contribution in [0.15, 0.2) is 18.2 Å². The van der Waals surface area contributed by atoms with Gasteiger partial charge in [0.2, 0.25) is 5.91 Å².